The monoisotopic (exact) mass is 334 g/mol. The fourth-order valence-electron chi connectivity index (χ4n) is 2.96. The van der Waals surface area contributed by atoms with Gasteiger partial charge in [0.25, 0.3) is 0 Å². The van der Waals surface area contributed by atoms with Crippen LogP contribution in [0.15, 0.2) is 27.8 Å². The summed E-state index contributed by atoms with van der Waals surface area (Å²) in [5.41, 5.74) is -1.18. The Morgan fingerprint density at radius 3 is 2.88 bits per heavy atom. The van der Waals surface area contributed by atoms with Gasteiger partial charge in [-0.3, -0.25) is 4.79 Å². The molecule has 132 valence electrons. The van der Waals surface area contributed by atoms with Gasteiger partial charge in [-0.05, 0) is 38.8 Å². The number of carbonyl (C=O) groups excluding carboxylic acids is 1. The molecule has 1 saturated heterocycles. The number of nitrogens with zero attached hydrogens (tertiary/aromatic N) is 3. The van der Waals surface area contributed by atoms with Crippen molar-refractivity contribution in [1.82, 2.24) is 15.1 Å². The highest BCUT2D eigenvalue weighted by molar-refractivity contribution is 5.88. The number of rotatable bonds is 5. The van der Waals surface area contributed by atoms with Gasteiger partial charge in [-0.25, -0.2) is 4.99 Å². The van der Waals surface area contributed by atoms with Crippen LogP contribution in [0.2, 0.25) is 0 Å². The van der Waals surface area contributed by atoms with Crippen molar-refractivity contribution in [3.8, 4) is 0 Å². The van der Waals surface area contributed by atoms with E-state index in [1.54, 1.807) is 19.1 Å². The average Bonchev–Trinajstić information content (AvgIpc) is 3.23. The SMILES string of the molecule is CCNC(=NCC(C)(O)c1ccco1)N1CCN(C2CC2)C(=O)C1. The van der Waals surface area contributed by atoms with E-state index in [9.17, 15) is 9.90 Å². The van der Waals surface area contributed by atoms with Crippen LogP contribution in [0.1, 0.15) is 32.4 Å². The molecular formula is C17H26N4O3. The zero-order chi connectivity index (χ0) is 17.2. The third kappa shape index (κ3) is 3.72. The Kier molecular flexibility index (Phi) is 4.80. The highest BCUT2D eigenvalue weighted by Gasteiger charge is 2.36. The number of piperazine rings is 1. The summed E-state index contributed by atoms with van der Waals surface area (Å²) in [7, 11) is 0. The van der Waals surface area contributed by atoms with Gasteiger partial charge in [0, 0.05) is 25.7 Å². The number of furan rings is 1. The Balaban J connectivity index is 1.66. The lowest BCUT2D eigenvalue weighted by atomic mass is 10.0. The molecule has 2 fully saturated rings. The van der Waals surface area contributed by atoms with Gasteiger partial charge in [0.2, 0.25) is 5.91 Å². The molecule has 1 aliphatic heterocycles. The minimum atomic E-state index is -1.18. The normalized spacial score (nSPS) is 21.8. The lowest BCUT2D eigenvalue weighted by Gasteiger charge is -2.36. The molecule has 24 heavy (non-hydrogen) atoms. The van der Waals surface area contributed by atoms with Crippen molar-refractivity contribution in [2.75, 3.05) is 32.7 Å². The first-order chi connectivity index (χ1) is 11.5. The highest BCUT2D eigenvalue weighted by Crippen LogP contribution is 2.28. The summed E-state index contributed by atoms with van der Waals surface area (Å²) >= 11 is 0. The molecule has 7 nitrogen and oxygen atoms in total. The molecule has 7 heteroatoms. The minimum Gasteiger partial charge on any atom is -0.466 e. The first-order valence-corrected chi connectivity index (χ1v) is 8.60. The standard InChI is InChI=1S/C17H26N4O3/c1-3-18-16(19-12-17(2,23)14-5-4-10-24-14)20-8-9-21(13-6-7-13)15(22)11-20/h4-5,10,13,23H,3,6-9,11-12H2,1-2H3,(H,18,19). The largest absolute Gasteiger partial charge is 0.466 e. The molecule has 0 bridgehead atoms. The number of hydrogen-bond donors (Lipinski definition) is 2. The molecule has 2 aliphatic rings. The van der Waals surface area contributed by atoms with E-state index in [1.165, 1.54) is 6.26 Å². The second kappa shape index (κ2) is 6.84. The van der Waals surface area contributed by atoms with Gasteiger partial charge in [-0.1, -0.05) is 0 Å². The summed E-state index contributed by atoms with van der Waals surface area (Å²) in [6.45, 7) is 6.38. The van der Waals surface area contributed by atoms with Crippen LogP contribution in [-0.4, -0.2) is 65.5 Å². The molecule has 0 aromatic carbocycles. The number of nitrogens with one attached hydrogen (secondary N) is 1. The number of aliphatic imine (C=N–C) groups is 1. The van der Waals surface area contributed by atoms with Crippen molar-refractivity contribution in [3.63, 3.8) is 0 Å². The van der Waals surface area contributed by atoms with Crippen molar-refractivity contribution >= 4 is 11.9 Å². The Bertz CT molecular complexity index is 593. The van der Waals surface area contributed by atoms with Crippen LogP contribution >= 0.6 is 0 Å². The van der Waals surface area contributed by atoms with Gasteiger partial charge in [-0.15, -0.1) is 0 Å². The van der Waals surface area contributed by atoms with Crippen molar-refractivity contribution in [2.24, 2.45) is 4.99 Å². The summed E-state index contributed by atoms with van der Waals surface area (Å²) in [6, 6.07) is 3.94. The summed E-state index contributed by atoms with van der Waals surface area (Å²) in [5, 5.41) is 13.8. The Hall–Kier alpha value is -2.02. The summed E-state index contributed by atoms with van der Waals surface area (Å²) in [5.74, 6) is 1.30. The summed E-state index contributed by atoms with van der Waals surface area (Å²) < 4.78 is 5.29. The summed E-state index contributed by atoms with van der Waals surface area (Å²) in [4.78, 5) is 20.8. The number of aliphatic hydroxyl groups is 1. The fourth-order valence-corrected chi connectivity index (χ4v) is 2.96. The van der Waals surface area contributed by atoms with Crippen LogP contribution in [0.5, 0.6) is 0 Å². The second-order valence-electron chi connectivity index (χ2n) is 6.66. The van der Waals surface area contributed by atoms with E-state index >= 15 is 0 Å². The number of guanidine groups is 1. The van der Waals surface area contributed by atoms with Crippen LogP contribution in [0.25, 0.3) is 0 Å². The Morgan fingerprint density at radius 2 is 2.29 bits per heavy atom. The highest BCUT2D eigenvalue weighted by atomic mass is 16.4. The third-order valence-electron chi connectivity index (χ3n) is 4.47. The smallest absolute Gasteiger partial charge is 0.242 e. The molecule has 1 unspecified atom stereocenters. The van der Waals surface area contributed by atoms with E-state index in [0.717, 1.165) is 25.9 Å². The molecule has 3 rings (SSSR count). The predicted octanol–water partition coefficient (Wildman–Crippen LogP) is 0.759. The van der Waals surface area contributed by atoms with E-state index < -0.39 is 5.60 Å². The van der Waals surface area contributed by atoms with Crippen molar-refractivity contribution in [2.45, 2.75) is 38.3 Å². The Morgan fingerprint density at radius 1 is 1.50 bits per heavy atom. The van der Waals surface area contributed by atoms with Gasteiger partial charge in [-0.2, -0.15) is 0 Å². The van der Waals surface area contributed by atoms with Gasteiger partial charge in [0.15, 0.2) is 5.96 Å². The van der Waals surface area contributed by atoms with E-state index in [4.69, 9.17) is 4.42 Å². The predicted molar refractivity (Wildman–Crippen MR) is 90.6 cm³/mol. The zero-order valence-electron chi connectivity index (χ0n) is 14.4. The topological polar surface area (TPSA) is 81.3 Å². The zero-order valence-corrected chi connectivity index (χ0v) is 14.4. The van der Waals surface area contributed by atoms with Crippen LogP contribution in [0.4, 0.5) is 0 Å². The van der Waals surface area contributed by atoms with Crippen LogP contribution in [0.3, 0.4) is 0 Å². The van der Waals surface area contributed by atoms with Gasteiger partial charge in [0.05, 0.1) is 19.4 Å². The maximum absolute atomic E-state index is 12.3. The van der Waals surface area contributed by atoms with E-state index in [2.05, 4.69) is 10.3 Å². The quantitative estimate of drug-likeness (QED) is 0.614. The fraction of sp³-hybridized carbons (Fsp3) is 0.647. The maximum atomic E-state index is 12.3. The first-order valence-electron chi connectivity index (χ1n) is 8.60. The third-order valence-corrected chi connectivity index (χ3v) is 4.47. The van der Waals surface area contributed by atoms with E-state index in [-0.39, 0.29) is 12.5 Å². The molecular weight excluding hydrogens is 308 g/mol. The van der Waals surface area contributed by atoms with Crippen LogP contribution < -0.4 is 5.32 Å². The second-order valence-corrected chi connectivity index (χ2v) is 6.66. The number of hydrogen-bond acceptors (Lipinski definition) is 4. The molecule has 2 heterocycles. The molecule has 1 amide bonds. The van der Waals surface area contributed by atoms with Gasteiger partial charge >= 0.3 is 0 Å². The molecule has 1 aromatic heterocycles. The molecule has 1 atom stereocenters. The molecule has 2 N–H and O–H groups in total. The molecule has 1 aliphatic carbocycles. The van der Waals surface area contributed by atoms with Gasteiger partial charge < -0.3 is 24.6 Å². The van der Waals surface area contributed by atoms with Crippen LogP contribution in [0, 0.1) is 0 Å². The number of carbonyl (C=O) groups is 1. The Labute approximate surface area is 142 Å². The van der Waals surface area contributed by atoms with Gasteiger partial charge in [0.1, 0.15) is 11.4 Å². The molecule has 1 aromatic rings. The molecule has 0 radical (unpaired) electrons. The summed E-state index contributed by atoms with van der Waals surface area (Å²) in [6.07, 6.45) is 3.80. The first kappa shape index (κ1) is 16.8. The van der Waals surface area contributed by atoms with Crippen LogP contribution in [-0.2, 0) is 10.4 Å². The molecule has 1 saturated carbocycles. The minimum absolute atomic E-state index is 0.159. The lowest BCUT2D eigenvalue weighted by molar-refractivity contribution is -0.135. The van der Waals surface area contributed by atoms with Crippen molar-refractivity contribution < 1.29 is 14.3 Å². The lowest BCUT2D eigenvalue weighted by Crippen LogP contribution is -2.56. The molecule has 0 spiro atoms. The maximum Gasteiger partial charge on any atom is 0.242 e. The van der Waals surface area contributed by atoms with E-state index in [0.29, 0.717) is 30.9 Å². The van der Waals surface area contributed by atoms with Crippen molar-refractivity contribution in [1.29, 1.82) is 0 Å². The average molecular weight is 334 g/mol. The van der Waals surface area contributed by atoms with Crippen molar-refractivity contribution in [3.05, 3.63) is 24.2 Å². The number of amides is 1. The van der Waals surface area contributed by atoms with E-state index in [1.807, 2.05) is 16.7 Å².